The molecule has 1 aromatic rings. The summed E-state index contributed by atoms with van der Waals surface area (Å²) in [5.41, 5.74) is 0.652. The van der Waals surface area contributed by atoms with E-state index in [0.717, 1.165) is 7.11 Å². The molecule has 0 aromatic heterocycles. The number of carbonyl (C=O) groups excluding carboxylic acids is 2. The van der Waals surface area contributed by atoms with Crippen LogP contribution in [0.5, 0.6) is 5.75 Å². The van der Waals surface area contributed by atoms with E-state index in [-0.39, 0.29) is 11.1 Å². The molecule has 0 bridgehead atoms. The van der Waals surface area contributed by atoms with Gasteiger partial charge in [0.2, 0.25) is 0 Å². The van der Waals surface area contributed by atoms with Crippen molar-refractivity contribution in [2.24, 2.45) is 0 Å². The summed E-state index contributed by atoms with van der Waals surface area (Å²) in [6.07, 6.45) is 0. The van der Waals surface area contributed by atoms with Crippen LogP contribution in [0.15, 0.2) is 23.8 Å². The van der Waals surface area contributed by atoms with Gasteiger partial charge in [0.25, 0.3) is 5.91 Å². The quantitative estimate of drug-likeness (QED) is 0.487. The van der Waals surface area contributed by atoms with Crippen LogP contribution >= 0.6 is 0 Å². The number of benzene rings is 1. The lowest BCUT2D eigenvalue weighted by Crippen LogP contribution is -2.11. The first-order valence-electron chi connectivity index (χ1n) is 5.34. The topological polar surface area (TPSA) is 88.4 Å². The van der Waals surface area contributed by atoms with E-state index in [4.69, 9.17) is 10.00 Å². The van der Waals surface area contributed by atoms with Gasteiger partial charge >= 0.3 is 5.97 Å². The number of hydrogen-bond acceptors (Lipinski definition) is 5. The molecular formula is C13H10N2O4. The van der Waals surface area contributed by atoms with E-state index < -0.39 is 11.9 Å². The van der Waals surface area contributed by atoms with Crippen molar-refractivity contribution in [3.05, 3.63) is 29.3 Å². The van der Waals surface area contributed by atoms with Gasteiger partial charge in [-0.15, -0.1) is 0 Å². The summed E-state index contributed by atoms with van der Waals surface area (Å²) >= 11 is 0. The van der Waals surface area contributed by atoms with Crippen LogP contribution in [0.4, 0.5) is 5.69 Å². The Hall–Kier alpha value is -2.81. The van der Waals surface area contributed by atoms with Gasteiger partial charge in [-0.25, -0.2) is 4.79 Å². The molecule has 0 aliphatic carbocycles. The second-order valence-electron chi connectivity index (χ2n) is 3.72. The molecule has 0 radical (unpaired) electrons. The monoisotopic (exact) mass is 258 g/mol. The lowest BCUT2D eigenvalue weighted by Gasteiger charge is -2.04. The van der Waals surface area contributed by atoms with Crippen molar-refractivity contribution in [1.29, 1.82) is 5.26 Å². The van der Waals surface area contributed by atoms with Crippen LogP contribution in [0, 0.1) is 11.3 Å². The van der Waals surface area contributed by atoms with Crippen LogP contribution in [0.25, 0.3) is 5.57 Å². The van der Waals surface area contributed by atoms with Crippen LogP contribution in [0.1, 0.15) is 5.56 Å². The SMILES string of the molecule is COC(=O)C(C#N)=C1C(=O)Nc2ccc(OC)cc21. The van der Waals surface area contributed by atoms with E-state index in [2.05, 4.69) is 10.1 Å². The Morgan fingerprint density at radius 1 is 1.37 bits per heavy atom. The Bertz CT molecular complexity index is 641. The third kappa shape index (κ3) is 2.02. The number of anilines is 1. The van der Waals surface area contributed by atoms with Gasteiger partial charge in [0, 0.05) is 11.3 Å². The van der Waals surface area contributed by atoms with E-state index in [9.17, 15) is 9.59 Å². The molecule has 2 rings (SSSR count). The normalized spacial score (nSPS) is 15.1. The number of nitrogens with one attached hydrogen (secondary N) is 1. The van der Waals surface area contributed by atoms with Gasteiger partial charge in [-0.1, -0.05) is 0 Å². The maximum absolute atomic E-state index is 11.9. The zero-order valence-corrected chi connectivity index (χ0v) is 10.3. The Morgan fingerprint density at radius 2 is 2.11 bits per heavy atom. The smallest absolute Gasteiger partial charge is 0.349 e. The number of nitriles is 1. The summed E-state index contributed by atoms with van der Waals surface area (Å²) in [4.78, 5) is 23.4. The molecule has 0 spiro atoms. The minimum Gasteiger partial charge on any atom is -0.497 e. The number of rotatable bonds is 2. The van der Waals surface area contributed by atoms with Gasteiger partial charge in [0.15, 0.2) is 5.57 Å². The van der Waals surface area contributed by atoms with Crippen molar-refractivity contribution >= 4 is 23.1 Å². The molecule has 6 heteroatoms. The van der Waals surface area contributed by atoms with Crippen molar-refractivity contribution < 1.29 is 19.1 Å². The highest BCUT2D eigenvalue weighted by Crippen LogP contribution is 2.36. The van der Waals surface area contributed by atoms with Gasteiger partial charge < -0.3 is 14.8 Å². The summed E-state index contributed by atoms with van der Waals surface area (Å²) in [5, 5.41) is 11.6. The molecule has 96 valence electrons. The van der Waals surface area contributed by atoms with Crippen molar-refractivity contribution in [2.75, 3.05) is 19.5 Å². The molecule has 0 saturated carbocycles. The average molecular weight is 258 g/mol. The molecule has 6 nitrogen and oxygen atoms in total. The summed E-state index contributed by atoms with van der Waals surface area (Å²) in [5.74, 6) is -0.830. The predicted molar refractivity (Wildman–Crippen MR) is 66.2 cm³/mol. The van der Waals surface area contributed by atoms with Crippen molar-refractivity contribution in [2.45, 2.75) is 0 Å². The molecule has 1 amide bonds. The van der Waals surface area contributed by atoms with Crippen LogP contribution in [0.3, 0.4) is 0 Å². The molecule has 19 heavy (non-hydrogen) atoms. The van der Waals surface area contributed by atoms with E-state index in [0.29, 0.717) is 17.0 Å². The van der Waals surface area contributed by atoms with Gasteiger partial charge in [0.05, 0.1) is 19.8 Å². The number of amides is 1. The zero-order chi connectivity index (χ0) is 14.0. The number of methoxy groups -OCH3 is 2. The lowest BCUT2D eigenvalue weighted by molar-refractivity contribution is -0.135. The van der Waals surface area contributed by atoms with Gasteiger partial charge in [-0.05, 0) is 18.2 Å². The average Bonchev–Trinajstić information content (AvgIpc) is 2.75. The molecular weight excluding hydrogens is 248 g/mol. The predicted octanol–water partition coefficient (Wildman–Crippen LogP) is 1.10. The molecule has 0 fully saturated rings. The number of fused-ring (bicyclic) bond motifs is 1. The van der Waals surface area contributed by atoms with E-state index in [1.807, 2.05) is 0 Å². The zero-order valence-electron chi connectivity index (χ0n) is 10.3. The number of carbonyl (C=O) groups is 2. The highest BCUT2D eigenvalue weighted by atomic mass is 16.5. The third-order valence-electron chi connectivity index (χ3n) is 2.72. The molecule has 0 saturated heterocycles. The number of nitrogens with zero attached hydrogens (tertiary/aromatic N) is 1. The largest absolute Gasteiger partial charge is 0.497 e. The first kappa shape index (κ1) is 12.6. The Balaban J connectivity index is 2.67. The molecule has 1 aromatic carbocycles. The fourth-order valence-electron chi connectivity index (χ4n) is 1.83. The second kappa shape index (κ2) is 4.82. The summed E-state index contributed by atoms with van der Waals surface area (Å²) in [6, 6.07) is 6.61. The molecule has 0 atom stereocenters. The van der Waals surface area contributed by atoms with Crippen molar-refractivity contribution in [1.82, 2.24) is 0 Å². The Kier molecular flexibility index (Phi) is 3.21. The fraction of sp³-hybridized carbons (Fsp3) is 0.154. The van der Waals surface area contributed by atoms with E-state index >= 15 is 0 Å². The Morgan fingerprint density at radius 3 is 2.68 bits per heavy atom. The third-order valence-corrected chi connectivity index (χ3v) is 2.72. The molecule has 1 N–H and O–H groups in total. The molecule has 0 unspecified atom stereocenters. The van der Waals surface area contributed by atoms with Crippen molar-refractivity contribution in [3.8, 4) is 11.8 Å². The van der Waals surface area contributed by atoms with E-state index in [1.54, 1.807) is 24.3 Å². The van der Waals surface area contributed by atoms with Gasteiger partial charge in [-0.2, -0.15) is 5.26 Å². The lowest BCUT2D eigenvalue weighted by atomic mass is 10.0. The highest BCUT2D eigenvalue weighted by molar-refractivity contribution is 6.35. The summed E-state index contributed by atoms with van der Waals surface area (Å²) in [7, 11) is 2.64. The molecule has 1 heterocycles. The maximum Gasteiger partial charge on any atom is 0.349 e. The van der Waals surface area contributed by atoms with Crippen LogP contribution in [-0.2, 0) is 14.3 Å². The molecule has 1 aliphatic rings. The van der Waals surface area contributed by atoms with E-state index in [1.165, 1.54) is 7.11 Å². The maximum atomic E-state index is 11.9. The van der Waals surface area contributed by atoms with Crippen molar-refractivity contribution in [3.63, 3.8) is 0 Å². The van der Waals surface area contributed by atoms with Gasteiger partial charge in [0.1, 0.15) is 11.8 Å². The minimum absolute atomic E-state index is 0.00301. The number of hydrogen-bond donors (Lipinski definition) is 1. The Labute approximate surface area is 109 Å². The highest BCUT2D eigenvalue weighted by Gasteiger charge is 2.31. The second-order valence-corrected chi connectivity index (χ2v) is 3.72. The fourth-order valence-corrected chi connectivity index (χ4v) is 1.83. The van der Waals surface area contributed by atoms with Crippen LogP contribution in [0.2, 0.25) is 0 Å². The minimum atomic E-state index is -0.844. The molecule has 1 aliphatic heterocycles. The number of esters is 1. The number of ether oxygens (including phenoxy) is 2. The standard InChI is InChI=1S/C13H10N2O4/c1-18-7-3-4-10-8(5-7)11(12(16)15-10)9(6-14)13(17)19-2/h3-5H,1-2H3,(H,15,16). The first-order chi connectivity index (χ1) is 9.12. The van der Waals surface area contributed by atoms with Gasteiger partial charge in [-0.3, -0.25) is 4.79 Å². The summed E-state index contributed by atoms with van der Waals surface area (Å²) < 4.78 is 9.57. The van der Waals surface area contributed by atoms with Crippen LogP contribution < -0.4 is 10.1 Å². The van der Waals surface area contributed by atoms with Crippen LogP contribution in [-0.4, -0.2) is 26.1 Å². The first-order valence-corrected chi connectivity index (χ1v) is 5.34. The summed E-state index contributed by atoms with van der Waals surface area (Å²) in [6.45, 7) is 0.